The quantitative estimate of drug-likeness (QED) is 0.0694. The van der Waals surface area contributed by atoms with E-state index in [0.29, 0.717) is 12.8 Å². The van der Waals surface area contributed by atoms with Crippen LogP contribution in [0, 0.1) is 0 Å². The van der Waals surface area contributed by atoms with Crippen molar-refractivity contribution in [2.24, 2.45) is 7.05 Å². The molecule has 22 heteroatoms. The average molecular weight is 1340 g/mol. The van der Waals surface area contributed by atoms with Crippen LogP contribution in [0.4, 0.5) is 0 Å². The lowest BCUT2D eigenvalue weighted by Gasteiger charge is -2.46. The molecule has 14 atom stereocenters. The summed E-state index contributed by atoms with van der Waals surface area (Å²) in [7, 11) is 6.48. The number of aliphatic carboxylic acids is 1. The van der Waals surface area contributed by atoms with E-state index in [1.54, 1.807) is 63.4 Å². The second kappa shape index (κ2) is 31.2. The highest BCUT2D eigenvalue weighted by atomic mass is 127. The van der Waals surface area contributed by atoms with E-state index in [1.165, 1.54) is 12.0 Å². The van der Waals surface area contributed by atoms with Crippen LogP contribution in [0.3, 0.4) is 0 Å². The number of methoxy groups -OCH3 is 3. The van der Waals surface area contributed by atoms with Crippen molar-refractivity contribution < 1.29 is 105 Å². The number of nitrogens with zero attached hydrogens (tertiary/aromatic N) is 1. The second-order valence-electron chi connectivity index (χ2n) is 20.5. The SMILES string of the molecule is C.C.C=CSc1ccccc1.CC.CO[C@@H]1OC2(C(=O)CC2Sc2ccccc2)[C@@H]2OC(C)(C)OC12.CO[C@@H]1OC2(CC(Sc3ccccc3)C2=O)[C@@H]2OC(C)(C)OC12.CO[C@@H]1O[C@H](C(=O)O)[C@H]2OC(C)(C)O[C@@H]12.C[n+]1ccccc1Cl.[I-]. The first-order chi connectivity index (χ1) is 38.1. The van der Waals surface area contributed by atoms with Gasteiger partial charge in [-0.15, -0.1) is 23.5 Å². The summed E-state index contributed by atoms with van der Waals surface area (Å²) in [6, 6.07) is 35.8. The molecule has 8 fully saturated rings. The number of aromatic nitrogens is 1. The molecule has 3 aromatic carbocycles. The maximum absolute atomic E-state index is 12.9. The summed E-state index contributed by atoms with van der Waals surface area (Å²) in [4.78, 5) is 39.8. The molecule has 6 unspecified atom stereocenters. The standard InChI is InChI=1S/2C17H20O5S.C9H14O6.C8H8S.C6H7ClN.C2H6.2CH4.HI/c1-16(2)20-12-14(21-16)17(22-15(12)19-3)9-11(13(17)18)23-10-7-5-4-6-8-10;1-16(2)20-13-14(21-16)17(22-15(13)19-3)11(18)9-12(17)23-10-7-5-4-6-8-10;1-9(2)14-4-5(7(10)11)13-8(12-3)6(4)15-9;1-2-9-8-6-4-3-5-7-8;1-8-5-3-2-4-6(8)7;1-2;;;/h4-8,11-12,14-15H,9H2,1-3H3;4-8,12-15H,9H2,1-3H3;4-6,8H,1-3H3,(H,10,11);2-7H,1H2;2-5H,1H3;1-2H3;2*1H4;1H/q;;;;+1;;;;/p-1/t11?,12?,14-,15-,17?;12?,13?,14-,15-,17?;4-,5+,6-,8-;;;;;;/m111....../s1. The van der Waals surface area contributed by atoms with Crippen molar-refractivity contribution in [3.63, 3.8) is 0 Å². The monoisotopic (exact) mass is 1340 g/mol. The minimum absolute atomic E-state index is 0. The zero-order chi connectivity index (χ0) is 58.2. The van der Waals surface area contributed by atoms with Crippen LogP contribution in [0.15, 0.2) is 142 Å². The Hall–Kier alpha value is -3.05. The van der Waals surface area contributed by atoms with Gasteiger partial charge in [0.15, 0.2) is 71.3 Å². The fraction of sp³-hybridized carbons (Fsp3) is 0.541. The fourth-order valence-electron chi connectivity index (χ4n) is 10.3. The van der Waals surface area contributed by atoms with Crippen LogP contribution in [0.25, 0.3) is 0 Å². The Morgan fingerprint density at radius 1 is 0.639 bits per heavy atom. The van der Waals surface area contributed by atoms with Gasteiger partial charge in [-0.05, 0) is 101 Å². The molecular weight excluding hydrogens is 1260 g/mol. The lowest BCUT2D eigenvalue weighted by Crippen LogP contribution is -3.00. The number of hydrogen-bond donors (Lipinski definition) is 1. The zero-order valence-electron chi connectivity index (χ0n) is 47.6. The first kappa shape index (κ1) is 72.4. The summed E-state index contributed by atoms with van der Waals surface area (Å²) in [5, 5.41) is 11.4. The predicted molar refractivity (Wildman–Crippen MR) is 315 cm³/mol. The van der Waals surface area contributed by atoms with Crippen molar-refractivity contribution in [2.45, 2.75) is 198 Å². The van der Waals surface area contributed by atoms with Gasteiger partial charge in [0.2, 0.25) is 0 Å². The molecule has 8 aliphatic rings. The number of carbonyl (C=O) groups is 3. The van der Waals surface area contributed by atoms with E-state index < -0.39 is 83.9 Å². The number of benzene rings is 3. The highest BCUT2D eigenvalue weighted by Crippen LogP contribution is 2.57. The van der Waals surface area contributed by atoms with Gasteiger partial charge in [-0.25, -0.2) is 4.79 Å². The van der Waals surface area contributed by atoms with Gasteiger partial charge in [0.05, 0.1) is 10.5 Å². The largest absolute Gasteiger partial charge is 1.00 e. The minimum Gasteiger partial charge on any atom is -1.00 e. The number of carboxylic acid groups (broad SMARTS) is 1. The van der Waals surface area contributed by atoms with Crippen LogP contribution in [0.1, 0.15) is 83.1 Å². The first-order valence-electron chi connectivity index (χ1n) is 26.4. The Balaban J connectivity index is 0.000000231. The van der Waals surface area contributed by atoms with Crippen LogP contribution >= 0.6 is 46.9 Å². The Morgan fingerprint density at radius 2 is 1.10 bits per heavy atom. The molecule has 4 aromatic rings. The van der Waals surface area contributed by atoms with E-state index in [4.69, 9.17) is 73.5 Å². The Labute approximate surface area is 525 Å². The zero-order valence-corrected chi connectivity index (χ0v) is 53.0. The molecule has 1 aromatic heterocycles. The fourth-order valence-corrected chi connectivity index (χ4v) is 13.6. The number of ketones is 2. The number of fused-ring (bicyclic) bond motifs is 5. The molecule has 2 saturated carbocycles. The molecular formula is C61H83ClINO16S3. The predicted octanol–water partition coefficient (Wildman–Crippen LogP) is 8.11. The van der Waals surface area contributed by atoms with Gasteiger partial charge in [0.25, 0.3) is 5.15 Å². The lowest BCUT2D eigenvalue weighted by atomic mass is 9.73. The molecule has 2 aliphatic carbocycles. The number of carbonyl (C=O) groups excluding carboxylic acids is 2. The minimum atomic E-state index is -1.06. The summed E-state index contributed by atoms with van der Waals surface area (Å²) in [5.74, 6) is -3.17. The molecule has 17 nitrogen and oxygen atoms in total. The maximum atomic E-state index is 12.9. The number of halogens is 2. The molecule has 6 saturated heterocycles. The van der Waals surface area contributed by atoms with Crippen LogP contribution in [-0.4, -0.2) is 145 Å². The van der Waals surface area contributed by atoms with Crippen LogP contribution < -0.4 is 28.5 Å². The lowest BCUT2D eigenvalue weighted by molar-refractivity contribution is -0.669. The van der Waals surface area contributed by atoms with Gasteiger partial charge in [-0.1, -0.05) is 102 Å². The van der Waals surface area contributed by atoms with Gasteiger partial charge in [-0.2, -0.15) is 4.57 Å². The third kappa shape index (κ3) is 16.6. The average Bonchev–Trinajstić information content (AvgIpc) is 2.04. The number of pyridine rings is 1. The molecule has 83 heavy (non-hydrogen) atoms. The van der Waals surface area contributed by atoms with Crippen molar-refractivity contribution in [2.75, 3.05) is 21.3 Å². The number of hydrogen-bond acceptors (Lipinski definition) is 18. The van der Waals surface area contributed by atoms with E-state index in [9.17, 15) is 14.4 Å². The molecule has 1 N–H and O–H groups in total. The van der Waals surface area contributed by atoms with Crippen molar-refractivity contribution in [3.05, 3.63) is 133 Å². The van der Waals surface area contributed by atoms with E-state index in [0.717, 1.165) is 14.9 Å². The normalized spacial score (nSPS) is 32.4. The van der Waals surface area contributed by atoms with Gasteiger partial charge < -0.3 is 85.9 Å². The highest BCUT2D eigenvalue weighted by molar-refractivity contribution is 8.02. The van der Waals surface area contributed by atoms with Crippen molar-refractivity contribution in [3.8, 4) is 0 Å². The number of Topliss-reactive ketones (excluding diaryl/α,β-unsaturated/α-hetero) is 2. The van der Waals surface area contributed by atoms with Crippen LogP contribution in [0.2, 0.25) is 5.15 Å². The summed E-state index contributed by atoms with van der Waals surface area (Å²) in [6.45, 7) is 18.5. The van der Waals surface area contributed by atoms with Gasteiger partial charge in [-0.3, -0.25) is 9.59 Å². The second-order valence-corrected chi connectivity index (χ2v) is 24.5. The molecule has 0 radical (unpaired) electrons. The molecule has 0 bridgehead atoms. The summed E-state index contributed by atoms with van der Waals surface area (Å²) in [5.41, 5.74) is -1.90. The molecule has 12 rings (SSSR count). The maximum Gasteiger partial charge on any atom is 0.335 e. The number of aryl methyl sites for hydroxylation is 1. The van der Waals surface area contributed by atoms with Crippen molar-refractivity contribution >= 4 is 64.4 Å². The van der Waals surface area contributed by atoms with Crippen molar-refractivity contribution in [1.29, 1.82) is 0 Å². The molecule has 7 heterocycles. The summed E-state index contributed by atoms with van der Waals surface area (Å²) < 4.78 is 69.6. The number of carboxylic acids is 1. The van der Waals surface area contributed by atoms with E-state index in [2.05, 4.69) is 18.7 Å². The van der Waals surface area contributed by atoms with E-state index >= 15 is 0 Å². The third-order valence-electron chi connectivity index (χ3n) is 13.7. The van der Waals surface area contributed by atoms with E-state index in [1.807, 2.05) is 162 Å². The molecule has 2 spiro atoms. The highest BCUT2D eigenvalue weighted by Gasteiger charge is 2.74. The Bertz CT molecular complexity index is 2680. The van der Waals surface area contributed by atoms with Crippen molar-refractivity contribution in [1.82, 2.24) is 0 Å². The molecule has 6 aliphatic heterocycles. The topological polar surface area (TPSA) is 186 Å². The molecule has 0 amide bonds. The van der Waals surface area contributed by atoms with E-state index in [-0.39, 0.29) is 73.1 Å². The first-order valence-corrected chi connectivity index (χ1v) is 29.4. The number of ether oxygens (including phenoxy) is 12. The smallest absolute Gasteiger partial charge is 0.335 e. The van der Waals surface area contributed by atoms with Gasteiger partial charge in [0, 0.05) is 61.0 Å². The summed E-state index contributed by atoms with van der Waals surface area (Å²) in [6.07, 6.45) is -2.50. The van der Waals surface area contributed by atoms with Crippen LogP contribution in [0.5, 0.6) is 0 Å². The summed E-state index contributed by atoms with van der Waals surface area (Å²) >= 11 is 10.5. The Kier molecular flexibility index (Phi) is 27.2. The van der Waals surface area contributed by atoms with Crippen LogP contribution in [-0.2, 0) is 78.3 Å². The third-order valence-corrected chi connectivity index (χ3v) is 17.4. The van der Waals surface area contributed by atoms with Gasteiger partial charge >= 0.3 is 5.97 Å². The molecule has 460 valence electrons. The number of thioether (sulfide) groups is 3. The Morgan fingerprint density at radius 3 is 1.57 bits per heavy atom. The number of rotatable bonds is 10. The van der Waals surface area contributed by atoms with Gasteiger partial charge in [0.1, 0.15) is 43.7 Å².